The second-order valence-electron chi connectivity index (χ2n) is 1.11. The molecule has 0 amide bonds. The van der Waals surface area contributed by atoms with Crippen LogP contribution in [0, 0.1) is 0 Å². The minimum Gasteiger partial charge on any atom is -0.328 e. The molecule has 0 spiro atoms. The molecule has 0 unspecified atom stereocenters. The first kappa shape index (κ1) is 12.7. The van der Waals surface area contributed by atoms with Gasteiger partial charge in [-0.15, -0.1) is 0 Å². The van der Waals surface area contributed by atoms with Gasteiger partial charge in [-0.3, -0.25) is 4.52 Å². The van der Waals surface area contributed by atoms with Gasteiger partial charge in [0, 0.05) is 36.1 Å². The maximum absolute atomic E-state index is 9.81. The summed E-state index contributed by atoms with van der Waals surface area (Å²) >= 11 is 0. The van der Waals surface area contributed by atoms with Crippen molar-refractivity contribution in [3.8, 4) is 0 Å². The minimum atomic E-state index is -4.26. The van der Waals surface area contributed by atoms with E-state index in [9.17, 15) is 4.57 Å². The van der Waals surface area contributed by atoms with E-state index in [-0.39, 0.29) is 42.7 Å². The quantitative estimate of drug-likeness (QED) is 0.355. The van der Waals surface area contributed by atoms with Gasteiger partial charge >= 0.3 is 7.82 Å². The Bertz CT molecular complexity index is 103. The number of phosphoric acid groups is 1. The Morgan fingerprint density at radius 1 is 1.56 bits per heavy atom. The van der Waals surface area contributed by atoms with Crippen molar-refractivity contribution < 1.29 is 18.9 Å². The minimum absolute atomic E-state index is 0. The average Bonchev–Trinajstić information content (AvgIpc) is 1.59. The summed E-state index contributed by atoms with van der Waals surface area (Å²) in [6.45, 7) is 0.00931. The summed E-state index contributed by atoms with van der Waals surface area (Å²) in [5.41, 5.74) is 4.87. The summed E-state index contributed by atoms with van der Waals surface area (Å²) in [5.74, 6) is 0. The summed E-state index contributed by atoms with van der Waals surface area (Å²) in [6.07, 6.45) is 0. The first-order valence-electron chi connectivity index (χ1n) is 1.96. The predicted molar refractivity (Wildman–Crippen MR) is 32.8 cm³/mol. The number of rotatable bonds is 3. The van der Waals surface area contributed by atoms with Crippen molar-refractivity contribution in [3.63, 3.8) is 0 Å². The normalized spacial score (nSPS) is 10.6. The van der Waals surface area contributed by atoms with Crippen LogP contribution in [0.15, 0.2) is 0 Å². The SMILES string of the molecule is NCCOP(=O)(O)O.[Na]. The van der Waals surface area contributed by atoms with Gasteiger partial charge in [-0.1, -0.05) is 0 Å². The van der Waals surface area contributed by atoms with E-state index in [1.165, 1.54) is 0 Å². The first-order valence-corrected chi connectivity index (χ1v) is 3.49. The fourth-order valence-corrected chi connectivity index (χ4v) is 0.515. The largest absolute Gasteiger partial charge is 0.469 e. The molecule has 7 heteroatoms. The summed E-state index contributed by atoms with van der Waals surface area (Å²) in [6, 6.07) is 0. The molecule has 0 heterocycles. The third-order valence-corrected chi connectivity index (χ3v) is 0.896. The zero-order valence-electron chi connectivity index (χ0n) is 5.15. The molecule has 5 nitrogen and oxygen atoms in total. The Morgan fingerprint density at radius 2 is 2.00 bits per heavy atom. The van der Waals surface area contributed by atoms with Gasteiger partial charge in [-0.05, 0) is 0 Å². The van der Waals surface area contributed by atoms with E-state index in [0.717, 1.165) is 0 Å². The molecular weight excluding hydrogens is 156 g/mol. The van der Waals surface area contributed by atoms with Gasteiger partial charge in [0.25, 0.3) is 0 Å². The molecule has 0 aromatic rings. The Labute approximate surface area is 75.1 Å². The fourth-order valence-electron chi connectivity index (χ4n) is 0.172. The maximum atomic E-state index is 9.81. The number of nitrogens with two attached hydrogens (primary N) is 1. The molecule has 0 bridgehead atoms. The average molecular weight is 164 g/mol. The molecular formula is C2H8NNaO4P. The molecule has 0 aliphatic heterocycles. The molecule has 0 aliphatic rings. The van der Waals surface area contributed by atoms with Crippen LogP contribution in [-0.2, 0) is 9.09 Å². The van der Waals surface area contributed by atoms with Crippen LogP contribution in [0.1, 0.15) is 0 Å². The molecule has 0 fully saturated rings. The molecule has 1 radical (unpaired) electrons. The molecule has 4 N–H and O–H groups in total. The molecule has 0 rings (SSSR count). The van der Waals surface area contributed by atoms with E-state index in [4.69, 9.17) is 15.5 Å². The molecule has 9 heavy (non-hydrogen) atoms. The number of hydrogen-bond acceptors (Lipinski definition) is 3. The third-order valence-electron chi connectivity index (χ3n) is 0.377. The maximum Gasteiger partial charge on any atom is 0.469 e. The van der Waals surface area contributed by atoms with E-state index in [1.54, 1.807) is 0 Å². The predicted octanol–water partition coefficient (Wildman–Crippen LogP) is -1.33. The van der Waals surface area contributed by atoms with Crippen molar-refractivity contribution in [2.45, 2.75) is 0 Å². The molecule has 0 aromatic heterocycles. The van der Waals surface area contributed by atoms with Gasteiger partial charge in [0.05, 0.1) is 6.61 Å². The number of phosphoric ester groups is 1. The van der Waals surface area contributed by atoms with Crippen LogP contribution < -0.4 is 5.73 Å². The first-order chi connectivity index (χ1) is 3.56. The van der Waals surface area contributed by atoms with Crippen LogP contribution in [0.4, 0.5) is 0 Å². The van der Waals surface area contributed by atoms with Crippen molar-refractivity contribution in [2.75, 3.05) is 13.2 Å². The molecule has 51 valence electrons. The van der Waals surface area contributed by atoms with Crippen LogP contribution in [0.3, 0.4) is 0 Å². The van der Waals surface area contributed by atoms with Crippen molar-refractivity contribution in [1.29, 1.82) is 0 Å². The van der Waals surface area contributed by atoms with Crippen LogP contribution in [0.5, 0.6) is 0 Å². The van der Waals surface area contributed by atoms with Gasteiger partial charge < -0.3 is 15.5 Å². The second-order valence-corrected chi connectivity index (χ2v) is 2.35. The monoisotopic (exact) mass is 164 g/mol. The molecule has 0 atom stereocenters. The molecule has 0 aliphatic carbocycles. The fraction of sp³-hybridized carbons (Fsp3) is 1.00. The van der Waals surface area contributed by atoms with Gasteiger partial charge in [-0.2, -0.15) is 0 Å². The van der Waals surface area contributed by atoms with Crippen LogP contribution in [0.25, 0.3) is 0 Å². The smallest absolute Gasteiger partial charge is 0.328 e. The van der Waals surface area contributed by atoms with Gasteiger partial charge in [0.1, 0.15) is 0 Å². The van der Waals surface area contributed by atoms with Crippen molar-refractivity contribution in [1.82, 2.24) is 0 Å². The number of hydrogen-bond donors (Lipinski definition) is 3. The summed E-state index contributed by atoms with van der Waals surface area (Å²) in [4.78, 5) is 16.0. The topological polar surface area (TPSA) is 92.8 Å². The van der Waals surface area contributed by atoms with Crippen LogP contribution in [0.2, 0.25) is 0 Å². The third kappa shape index (κ3) is 12.3. The summed E-state index contributed by atoms with van der Waals surface area (Å²) < 4.78 is 13.7. The second kappa shape index (κ2) is 5.82. The Balaban J connectivity index is 0. The standard InChI is InChI=1S/C2H8NO4P.Na/c3-1-2-7-8(4,5)6;/h1-3H2,(H2,4,5,6);. The van der Waals surface area contributed by atoms with E-state index in [1.807, 2.05) is 0 Å². The summed E-state index contributed by atoms with van der Waals surface area (Å²) in [7, 11) is -4.26. The Hall–Kier alpha value is 1.07. The van der Waals surface area contributed by atoms with Gasteiger partial charge in [-0.25, -0.2) is 4.57 Å². The Morgan fingerprint density at radius 3 is 2.11 bits per heavy atom. The Kier molecular flexibility index (Phi) is 8.23. The molecule has 0 aromatic carbocycles. The molecule has 0 saturated carbocycles. The van der Waals surface area contributed by atoms with Crippen molar-refractivity contribution in [2.24, 2.45) is 5.73 Å². The van der Waals surface area contributed by atoms with Crippen LogP contribution in [-0.4, -0.2) is 52.5 Å². The molecule has 0 saturated heterocycles. The van der Waals surface area contributed by atoms with Gasteiger partial charge in [0.2, 0.25) is 0 Å². The van der Waals surface area contributed by atoms with Crippen molar-refractivity contribution >= 4 is 37.4 Å². The van der Waals surface area contributed by atoms with Gasteiger partial charge in [0.15, 0.2) is 0 Å². The van der Waals surface area contributed by atoms with E-state index < -0.39 is 7.82 Å². The zero-order chi connectivity index (χ0) is 6.62. The van der Waals surface area contributed by atoms with E-state index in [0.29, 0.717) is 0 Å². The van der Waals surface area contributed by atoms with Crippen molar-refractivity contribution in [3.05, 3.63) is 0 Å². The summed E-state index contributed by atoms with van der Waals surface area (Å²) in [5, 5.41) is 0. The van der Waals surface area contributed by atoms with E-state index >= 15 is 0 Å². The van der Waals surface area contributed by atoms with Crippen LogP contribution >= 0.6 is 7.82 Å². The van der Waals surface area contributed by atoms with E-state index in [2.05, 4.69) is 4.52 Å². The zero-order valence-corrected chi connectivity index (χ0v) is 8.04.